The highest BCUT2D eigenvalue weighted by molar-refractivity contribution is 6.01. The third-order valence-electron chi connectivity index (χ3n) is 4.63. The van der Waals surface area contributed by atoms with Crippen LogP contribution in [0.1, 0.15) is 27.0 Å². The topological polar surface area (TPSA) is 108 Å². The number of benzene rings is 1. The van der Waals surface area contributed by atoms with E-state index in [1.54, 1.807) is 48.9 Å². The zero-order chi connectivity index (χ0) is 21.1. The summed E-state index contributed by atoms with van der Waals surface area (Å²) in [6.07, 6.45) is 5.20. The fourth-order valence-electron chi connectivity index (χ4n) is 3.12. The monoisotopic (exact) mass is 404 g/mol. The summed E-state index contributed by atoms with van der Waals surface area (Å²) in [7, 11) is 0. The Morgan fingerprint density at radius 1 is 1.07 bits per heavy atom. The van der Waals surface area contributed by atoms with Crippen LogP contribution in [0.15, 0.2) is 65.8 Å². The number of carbonyl (C=O) groups is 1. The minimum Gasteiger partial charge on any atom is -0.505 e. The molecule has 4 rings (SSSR count). The molecule has 30 heavy (non-hydrogen) atoms. The minimum absolute atomic E-state index is 0.117. The highest BCUT2D eigenvalue weighted by Gasteiger charge is 2.20. The van der Waals surface area contributed by atoms with Gasteiger partial charge in [0.25, 0.3) is 11.5 Å². The maximum Gasteiger partial charge on any atom is 0.265 e. The predicted molar refractivity (Wildman–Crippen MR) is 109 cm³/mol. The minimum atomic E-state index is -0.715. The van der Waals surface area contributed by atoms with Crippen LogP contribution in [0, 0.1) is 5.82 Å². The standard InChI is InChI=1S/C22H17FN4O3/c23-16-3-1-13(2-4-16)9-15-10-17-19(25-12-15)20(28)18(22(30)27-17)21(29)26-11-14-5-7-24-8-6-14/h1-8,10,12H,9,11H2,(H,26,29)(H2,27,28,30). The fraction of sp³-hybridized carbons (Fsp3) is 0.0909. The zero-order valence-corrected chi connectivity index (χ0v) is 15.7. The van der Waals surface area contributed by atoms with Gasteiger partial charge >= 0.3 is 0 Å². The van der Waals surface area contributed by atoms with E-state index in [0.29, 0.717) is 11.9 Å². The molecule has 3 aromatic heterocycles. The van der Waals surface area contributed by atoms with Crippen LogP contribution in [0.2, 0.25) is 0 Å². The second-order valence-electron chi connectivity index (χ2n) is 6.76. The average Bonchev–Trinajstić information content (AvgIpc) is 2.74. The molecule has 0 bridgehead atoms. The summed E-state index contributed by atoms with van der Waals surface area (Å²) >= 11 is 0. The van der Waals surface area contributed by atoms with E-state index in [1.165, 1.54) is 12.1 Å². The Kier molecular flexibility index (Phi) is 5.21. The Labute approximate surface area is 170 Å². The number of amides is 1. The van der Waals surface area contributed by atoms with Gasteiger partial charge in [-0.3, -0.25) is 19.6 Å². The Hall–Kier alpha value is -4.07. The van der Waals surface area contributed by atoms with E-state index in [1.807, 2.05) is 0 Å². The molecule has 0 atom stereocenters. The van der Waals surface area contributed by atoms with Crippen LogP contribution in [0.3, 0.4) is 0 Å². The number of hydrogen-bond acceptors (Lipinski definition) is 5. The third-order valence-corrected chi connectivity index (χ3v) is 4.63. The van der Waals surface area contributed by atoms with Crippen LogP contribution in [0.25, 0.3) is 11.0 Å². The first-order chi connectivity index (χ1) is 14.5. The number of carbonyl (C=O) groups excluding carboxylic acids is 1. The van der Waals surface area contributed by atoms with Gasteiger partial charge in [-0.1, -0.05) is 12.1 Å². The maximum atomic E-state index is 13.1. The van der Waals surface area contributed by atoms with Crippen molar-refractivity contribution in [3.05, 3.63) is 99.5 Å². The summed E-state index contributed by atoms with van der Waals surface area (Å²) in [6, 6.07) is 11.2. The van der Waals surface area contributed by atoms with Crippen molar-refractivity contribution < 1.29 is 14.3 Å². The molecule has 3 heterocycles. The summed E-state index contributed by atoms with van der Waals surface area (Å²) in [5, 5.41) is 13.1. The van der Waals surface area contributed by atoms with Crippen molar-refractivity contribution in [3.63, 3.8) is 0 Å². The van der Waals surface area contributed by atoms with Crippen molar-refractivity contribution in [2.24, 2.45) is 0 Å². The first-order valence-electron chi connectivity index (χ1n) is 9.16. The molecule has 0 saturated carbocycles. The Bertz CT molecular complexity index is 1270. The number of rotatable bonds is 5. The molecule has 8 heteroatoms. The fourth-order valence-corrected chi connectivity index (χ4v) is 3.12. The second-order valence-corrected chi connectivity index (χ2v) is 6.76. The summed E-state index contributed by atoms with van der Waals surface area (Å²) < 4.78 is 13.1. The summed E-state index contributed by atoms with van der Waals surface area (Å²) in [5.74, 6) is -1.50. The molecule has 0 spiro atoms. The van der Waals surface area contributed by atoms with Crippen LogP contribution < -0.4 is 10.9 Å². The summed E-state index contributed by atoms with van der Waals surface area (Å²) in [6.45, 7) is 0.183. The lowest BCUT2D eigenvalue weighted by Gasteiger charge is -2.09. The number of hydrogen-bond donors (Lipinski definition) is 3. The Morgan fingerprint density at radius 3 is 2.53 bits per heavy atom. The highest BCUT2D eigenvalue weighted by Crippen LogP contribution is 2.24. The van der Waals surface area contributed by atoms with Gasteiger partial charge in [0.15, 0.2) is 5.75 Å². The molecule has 0 aliphatic rings. The van der Waals surface area contributed by atoms with Gasteiger partial charge in [0.05, 0.1) is 5.52 Å². The van der Waals surface area contributed by atoms with E-state index in [4.69, 9.17) is 0 Å². The normalized spacial score (nSPS) is 10.8. The van der Waals surface area contributed by atoms with Crippen LogP contribution in [0.5, 0.6) is 5.75 Å². The molecule has 7 nitrogen and oxygen atoms in total. The largest absolute Gasteiger partial charge is 0.505 e. The molecule has 0 fully saturated rings. The van der Waals surface area contributed by atoms with E-state index in [-0.39, 0.29) is 17.9 Å². The predicted octanol–water partition coefficient (Wildman–Crippen LogP) is 2.68. The summed E-state index contributed by atoms with van der Waals surface area (Å²) in [5.41, 5.74) is 1.76. The van der Waals surface area contributed by atoms with Crippen molar-refractivity contribution in [3.8, 4) is 5.75 Å². The quantitative estimate of drug-likeness (QED) is 0.474. The number of H-pyrrole nitrogens is 1. The molecule has 0 aliphatic heterocycles. The Morgan fingerprint density at radius 2 is 1.80 bits per heavy atom. The molecule has 3 N–H and O–H groups in total. The van der Waals surface area contributed by atoms with E-state index >= 15 is 0 Å². The van der Waals surface area contributed by atoms with E-state index in [2.05, 4.69) is 20.3 Å². The lowest BCUT2D eigenvalue weighted by molar-refractivity contribution is 0.0947. The van der Waals surface area contributed by atoms with Gasteiger partial charge in [0.2, 0.25) is 0 Å². The SMILES string of the molecule is O=C(NCc1ccncc1)c1c(O)c2ncc(Cc3ccc(F)cc3)cc2[nH]c1=O. The molecule has 1 amide bonds. The van der Waals surface area contributed by atoms with Gasteiger partial charge in [-0.2, -0.15) is 0 Å². The maximum absolute atomic E-state index is 13.1. The molecule has 0 saturated heterocycles. The number of halogens is 1. The van der Waals surface area contributed by atoms with Gasteiger partial charge in [-0.05, 0) is 53.4 Å². The number of aromatic nitrogens is 3. The molecular formula is C22H17FN4O3. The van der Waals surface area contributed by atoms with Crippen molar-refractivity contribution >= 4 is 16.9 Å². The first kappa shape index (κ1) is 19.3. The van der Waals surface area contributed by atoms with Crippen LogP contribution in [-0.4, -0.2) is 26.0 Å². The van der Waals surface area contributed by atoms with Crippen molar-refractivity contribution in [2.75, 3.05) is 0 Å². The van der Waals surface area contributed by atoms with Gasteiger partial charge < -0.3 is 15.4 Å². The lowest BCUT2D eigenvalue weighted by Crippen LogP contribution is -2.29. The smallest absolute Gasteiger partial charge is 0.265 e. The second kappa shape index (κ2) is 8.12. The van der Waals surface area contributed by atoms with Crippen LogP contribution in [-0.2, 0) is 13.0 Å². The third kappa shape index (κ3) is 4.02. The summed E-state index contributed by atoms with van der Waals surface area (Å²) in [4.78, 5) is 35.6. The molecule has 4 aromatic rings. The number of aromatic hydroxyl groups is 1. The number of nitrogens with zero attached hydrogens (tertiary/aromatic N) is 2. The van der Waals surface area contributed by atoms with Gasteiger partial charge in [-0.15, -0.1) is 0 Å². The number of pyridine rings is 3. The molecule has 1 aromatic carbocycles. The zero-order valence-electron chi connectivity index (χ0n) is 15.7. The Balaban J connectivity index is 1.60. The molecule has 0 radical (unpaired) electrons. The average molecular weight is 404 g/mol. The van der Waals surface area contributed by atoms with Gasteiger partial charge in [0.1, 0.15) is 16.9 Å². The molecule has 0 aliphatic carbocycles. The van der Waals surface area contributed by atoms with Crippen molar-refractivity contribution in [1.82, 2.24) is 20.3 Å². The van der Waals surface area contributed by atoms with Crippen molar-refractivity contribution in [1.29, 1.82) is 0 Å². The molecule has 150 valence electrons. The van der Waals surface area contributed by atoms with Crippen molar-refractivity contribution in [2.45, 2.75) is 13.0 Å². The number of fused-ring (bicyclic) bond motifs is 1. The van der Waals surface area contributed by atoms with Gasteiger partial charge in [0, 0.05) is 25.1 Å². The number of aromatic amines is 1. The van der Waals surface area contributed by atoms with Crippen LogP contribution >= 0.6 is 0 Å². The molecule has 0 unspecified atom stereocenters. The number of nitrogens with one attached hydrogen (secondary N) is 2. The highest BCUT2D eigenvalue weighted by atomic mass is 19.1. The van der Waals surface area contributed by atoms with Gasteiger partial charge in [-0.25, -0.2) is 4.39 Å². The van der Waals surface area contributed by atoms with E-state index < -0.39 is 22.8 Å². The van der Waals surface area contributed by atoms with E-state index in [9.17, 15) is 19.1 Å². The first-order valence-corrected chi connectivity index (χ1v) is 9.16. The van der Waals surface area contributed by atoms with Crippen LogP contribution in [0.4, 0.5) is 4.39 Å². The lowest BCUT2D eigenvalue weighted by atomic mass is 10.1. The molecular weight excluding hydrogens is 387 g/mol. The van der Waals surface area contributed by atoms with E-state index in [0.717, 1.165) is 16.7 Å².